The van der Waals surface area contributed by atoms with E-state index in [1.165, 1.54) is 0 Å². The van der Waals surface area contributed by atoms with Crippen molar-refractivity contribution in [2.45, 2.75) is 13.0 Å². The second-order valence-corrected chi connectivity index (χ2v) is 4.54. The molecule has 0 unspecified atom stereocenters. The lowest BCUT2D eigenvalue weighted by Gasteiger charge is -2.16. The number of hydrogen-bond donors (Lipinski definition) is 1. The van der Waals surface area contributed by atoms with E-state index in [1.807, 2.05) is 11.5 Å². The zero-order valence-electron chi connectivity index (χ0n) is 11.1. The Morgan fingerprint density at radius 2 is 1.95 bits per heavy atom. The van der Waals surface area contributed by atoms with Crippen molar-refractivity contribution < 1.29 is 9.47 Å². The fourth-order valence-corrected chi connectivity index (χ4v) is 2.11. The van der Waals surface area contributed by atoms with Crippen molar-refractivity contribution in [3.8, 4) is 17.2 Å². The van der Waals surface area contributed by atoms with Crippen molar-refractivity contribution in [1.29, 1.82) is 0 Å². The summed E-state index contributed by atoms with van der Waals surface area (Å²) in [5.74, 6) is 1.20. The highest BCUT2D eigenvalue weighted by atomic mass is 35.5. The molecule has 6 heteroatoms. The number of ether oxygens (including phenoxy) is 2. The highest BCUT2D eigenvalue weighted by Gasteiger charge is 2.15. The quantitative estimate of drug-likeness (QED) is 0.935. The predicted octanol–water partition coefficient (Wildman–Crippen LogP) is 2.56. The first kappa shape index (κ1) is 13.7. The SMILES string of the molecule is COc1cc(-n2cncc2[C@H](C)N)c(OC)cc1Cl. The maximum absolute atomic E-state index is 6.09. The minimum Gasteiger partial charge on any atom is -0.495 e. The van der Waals surface area contributed by atoms with E-state index in [-0.39, 0.29) is 6.04 Å². The maximum Gasteiger partial charge on any atom is 0.144 e. The number of halogens is 1. The molecule has 2 rings (SSSR count). The van der Waals surface area contributed by atoms with Crippen LogP contribution in [0.25, 0.3) is 5.69 Å². The molecule has 0 aliphatic heterocycles. The van der Waals surface area contributed by atoms with Crippen LogP contribution in [0.5, 0.6) is 11.5 Å². The summed E-state index contributed by atoms with van der Waals surface area (Å²) < 4.78 is 12.4. The third kappa shape index (κ3) is 2.52. The van der Waals surface area contributed by atoms with E-state index < -0.39 is 0 Å². The third-order valence-electron chi connectivity index (χ3n) is 2.85. The molecule has 0 bridgehead atoms. The normalized spacial score (nSPS) is 12.3. The van der Waals surface area contributed by atoms with Crippen LogP contribution in [-0.4, -0.2) is 23.8 Å². The number of methoxy groups -OCH3 is 2. The molecule has 0 saturated carbocycles. The van der Waals surface area contributed by atoms with E-state index in [0.717, 1.165) is 11.4 Å². The zero-order valence-corrected chi connectivity index (χ0v) is 11.8. The highest BCUT2D eigenvalue weighted by molar-refractivity contribution is 6.32. The Morgan fingerprint density at radius 3 is 2.53 bits per heavy atom. The minimum atomic E-state index is -0.145. The van der Waals surface area contributed by atoms with Gasteiger partial charge in [-0.2, -0.15) is 0 Å². The van der Waals surface area contributed by atoms with Gasteiger partial charge in [-0.15, -0.1) is 0 Å². The number of rotatable bonds is 4. The molecule has 19 heavy (non-hydrogen) atoms. The summed E-state index contributed by atoms with van der Waals surface area (Å²) in [5.41, 5.74) is 7.59. The van der Waals surface area contributed by atoms with Gasteiger partial charge in [0.1, 0.15) is 11.5 Å². The predicted molar refractivity (Wildman–Crippen MR) is 74.3 cm³/mol. The molecule has 102 valence electrons. The monoisotopic (exact) mass is 281 g/mol. The van der Waals surface area contributed by atoms with Gasteiger partial charge in [0.15, 0.2) is 0 Å². The molecule has 1 heterocycles. The lowest BCUT2D eigenvalue weighted by molar-refractivity contribution is 0.401. The van der Waals surface area contributed by atoms with Crippen molar-refractivity contribution in [1.82, 2.24) is 9.55 Å². The molecule has 0 aliphatic carbocycles. The number of benzene rings is 1. The number of imidazole rings is 1. The smallest absolute Gasteiger partial charge is 0.144 e. The first-order valence-corrected chi connectivity index (χ1v) is 6.16. The molecule has 0 amide bonds. The Morgan fingerprint density at radius 1 is 1.26 bits per heavy atom. The van der Waals surface area contributed by atoms with Gasteiger partial charge < -0.3 is 15.2 Å². The van der Waals surface area contributed by atoms with Gasteiger partial charge in [-0.3, -0.25) is 4.57 Å². The van der Waals surface area contributed by atoms with Crippen LogP contribution in [0.2, 0.25) is 5.02 Å². The van der Waals surface area contributed by atoms with Crippen molar-refractivity contribution in [3.05, 3.63) is 35.4 Å². The molecule has 2 aromatic rings. The molecule has 0 fully saturated rings. The van der Waals surface area contributed by atoms with Crippen LogP contribution >= 0.6 is 11.6 Å². The van der Waals surface area contributed by atoms with Crippen molar-refractivity contribution in [2.24, 2.45) is 5.73 Å². The largest absolute Gasteiger partial charge is 0.495 e. The molecule has 0 aliphatic rings. The van der Waals surface area contributed by atoms with Gasteiger partial charge in [-0.25, -0.2) is 4.98 Å². The van der Waals surface area contributed by atoms with Crippen molar-refractivity contribution in [3.63, 3.8) is 0 Å². The second kappa shape index (κ2) is 5.50. The molecule has 5 nitrogen and oxygen atoms in total. The summed E-state index contributed by atoms with van der Waals surface area (Å²) in [4.78, 5) is 4.13. The second-order valence-electron chi connectivity index (χ2n) is 4.14. The van der Waals surface area contributed by atoms with Gasteiger partial charge in [0.25, 0.3) is 0 Å². The number of aromatic nitrogens is 2. The summed E-state index contributed by atoms with van der Waals surface area (Å²) in [6, 6.07) is 3.36. The highest BCUT2D eigenvalue weighted by Crippen LogP contribution is 2.35. The van der Waals surface area contributed by atoms with Crippen LogP contribution in [0.1, 0.15) is 18.7 Å². The van der Waals surface area contributed by atoms with Gasteiger partial charge in [0.05, 0.1) is 43.1 Å². The maximum atomic E-state index is 6.09. The Kier molecular flexibility index (Phi) is 3.97. The van der Waals surface area contributed by atoms with E-state index in [0.29, 0.717) is 16.5 Å². The number of nitrogens with zero attached hydrogens (tertiary/aromatic N) is 2. The Labute approximate surface area is 116 Å². The fourth-order valence-electron chi connectivity index (χ4n) is 1.88. The van der Waals surface area contributed by atoms with Crippen LogP contribution in [0.3, 0.4) is 0 Å². The summed E-state index contributed by atoms with van der Waals surface area (Å²) in [5, 5.41) is 0.491. The molecule has 0 saturated heterocycles. The molecule has 1 aromatic heterocycles. The fraction of sp³-hybridized carbons (Fsp3) is 0.308. The average molecular weight is 282 g/mol. The molecule has 0 radical (unpaired) electrons. The summed E-state index contributed by atoms with van der Waals surface area (Å²) in [6.45, 7) is 1.90. The van der Waals surface area contributed by atoms with Crippen LogP contribution in [0.4, 0.5) is 0 Å². The molecule has 1 aromatic carbocycles. The number of nitrogens with two attached hydrogens (primary N) is 1. The minimum absolute atomic E-state index is 0.145. The van der Waals surface area contributed by atoms with Crippen LogP contribution < -0.4 is 15.2 Å². The van der Waals surface area contributed by atoms with Crippen molar-refractivity contribution >= 4 is 11.6 Å². The Hall–Kier alpha value is -1.72. The van der Waals surface area contributed by atoms with Crippen LogP contribution in [0.15, 0.2) is 24.7 Å². The third-order valence-corrected chi connectivity index (χ3v) is 3.14. The van der Waals surface area contributed by atoms with E-state index in [9.17, 15) is 0 Å². The van der Waals surface area contributed by atoms with Gasteiger partial charge in [0, 0.05) is 18.2 Å². The molecular formula is C13H16ClN3O2. The average Bonchev–Trinajstić information content (AvgIpc) is 2.87. The van der Waals surface area contributed by atoms with Gasteiger partial charge in [-0.05, 0) is 6.92 Å². The summed E-state index contributed by atoms with van der Waals surface area (Å²) in [7, 11) is 3.15. The molecule has 0 spiro atoms. The summed E-state index contributed by atoms with van der Waals surface area (Å²) in [6.07, 6.45) is 3.41. The van der Waals surface area contributed by atoms with E-state index in [1.54, 1.807) is 38.9 Å². The van der Waals surface area contributed by atoms with E-state index >= 15 is 0 Å². The first-order chi connectivity index (χ1) is 9.08. The molecule has 2 N–H and O–H groups in total. The summed E-state index contributed by atoms with van der Waals surface area (Å²) >= 11 is 6.09. The zero-order chi connectivity index (χ0) is 14.0. The Bertz CT molecular complexity index is 581. The van der Waals surface area contributed by atoms with Gasteiger partial charge in [-0.1, -0.05) is 11.6 Å². The van der Waals surface area contributed by atoms with Gasteiger partial charge >= 0.3 is 0 Å². The topological polar surface area (TPSA) is 62.3 Å². The van der Waals surface area contributed by atoms with Crippen LogP contribution in [0, 0.1) is 0 Å². The van der Waals surface area contributed by atoms with Gasteiger partial charge in [0.2, 0.25) is 0 Å². The lowest BCUT2D eigenvalue weighted by atomic mass is 10.2. The molecule has 1 atom stereocenters. The standard InChI is InChI=1S/C13H16ClN3O2/c1-8(15)11-6-16-7-17(11)10-5-12(18-2)9(14)4-13(10)19-3/h4-8H,15H2,1-3H3/t8-/m0/s1. The first-order valence-electron chi connectivity index (χ1n) is 5.78. The Balaban J connectivity index is 2.63. The molecular weight excluding hydrogens is 266 g/mol. The lowest BCUT2D eigenvalue weighted by Crippen LogP contribution is -2.11. The van der Waals surface area contributed by atoms with Crippen molar-refractivity contribution in [2.75, 3.05) is 14.2 Å². The van der Waals surface area contributed by atoms with Crippen LogP contribution in [-0.2, 0) is 0 Å². The van der Waals surface area contributed by atoms with E-state index in [4.69, 9.17) is 26.8 Å². The van der Waals surface area contributed by atoms with E-state index in [2.05, 4.69) is 4.98 Å². The number of hydrogen-bond acceptors (Lipinski definition) is 4.